The lowest BCUT2D eigenvalue weighted by molar-refractivity contribution is 0.0977. The van der Waals surface area contributed by atoms with Gasteiger partial charge in [0.25, 0.3) is 5.91 Å². The van der Waals surface area contributed by atoms with E-state index in [2.05, 4.69) is 15.6 Å². The Morgan fingerprint density at radius 1 is 1.00 bits per heavy atom. The van der Waals surface area contributed by atoms with E-state index >= 15 is 0 Å². The molecule has 0 bridgehead atoms. The van der Waals surface area contributed by atoms with E-state index in [0.29, 0.717) is 33.3 Å². The van der Waals surface area contributed by atoms with E-state index in [4.69, 9.17) is 28.2 Å². The monoisotopic (exact) mass is 407 g/mol. The maximum Gasteiger partial charge on any atom is 0.257 e. The van der Waals surface area contributed by atoms with E-state index in [1.165, 1.54) is 0 Å². The first kappa shape index (κ1) is 18.2. The van der Waals surface area contributed by atoms with Crippen LogP contribution in [-0.2, 0) is 0 Å². The minimum absolute atomic E-state index is 0.204. The Bertz CT molecular complexity index is 1170. The molecule has 0 spiro atoms. The largest absolute Gasteiger partial charge is 0.436 e. The summed E-state index contributed by atoms with van der Waals surface area (Å²) in [5.41, 5.74) is 3.35. The predicted molar refractivity (Wildman–Crippen MR) is 115 cm³/mol. The molecule has 0 fully saturated rings. The smallest absolute Gasteiger partial charge is 0.257 e. The molecule has 0 aliphatic heterocycles. The first-order chi connectivity index (χ1) is 13.6. The molecule has 0 unspecified atom stereocenters. The number of hydrogen-bond donors (Lipinski definition) is 2. The molecular formula is C21H14ClN3O2S. The molecule has 0 aliphatic carbocycles. The lowest BCUT2D eigenvalue weighted by atomic mass is 10.2. The summed E-state index contributed by atoms with van der Waals surface area (Å²) < 4.78 is 5.79. The average Bonchev–Trinajstić information content (AvgIpc) is 3.12. The molecule has 7 heteroatoms. The number of rotatable bonds is 3. The molecule has 4 rings (SSSR count). The number of halogens is 1. The zero-order valence-electron chi connectivity index (χ0n) is 14.5. The Balaban J connectivity index is 1.50. The molecule has 5 nitrogen and oxygen atoms in total. The molecular weight excluding hydrogens is 394 g/mol. The van der Waals surface area contributed by atoms with Crippen LogP contribution in [0.5, 0.6) is 0 Å². The fourth-order valence-corrected chi connectivity index (χ4v) is 3.06. The maximum atomic E-state index is 12.2. The van der Waals surface area contributed by atoms with Gasteiger partial charge in [-0.2, -0.15) is 0 Å². The van der Waals surface area contributed by atoms with Gasteiger partial charge < -0.3 is 9.73 Å². The molecule has 3 aromatic carbocycles. The summed E-state index contributed by atoms with van der Waals surface area (Å²) in [6.45, 7) is 0. The number of nitrogens with zero attached hydrogens (tertiary/aromatic N) is 1. The van der Waals surface area contributed by atoms with Crippen LogP contribution in [0.1, 0.15) is 10.4 Å². The fourth-order valence-electron chi connectivity index (χ4n) is 2.68. The van der Waals surface area contributed by atoms with E-state index in [-0.39, 0.29) is 11.0 Å². The van der Waals surface area contributed by atoms with Crippen LogP contribution < -0.4 is 10.6 Å². The number of nitrogens with one attached hydrogen (secondary N) is 2. The van der Waals surface area contributed by atoms with Crippen molar-refractivity contribution >= 4 is 51.6 Å². The zero-order valence-corrected chi connectivity index (χ0v) is 16.1. The van der Waals surface area contributed by atoms with Crippen molar-refractivity contribution in [1.29, 1.82) is 0 Å². The summed E-state index contributed by atoms with van der Waals surface area (Å²) in [5.74, 6) is 0.199. The van der Waals surface area contributed by atoms with Gasteiger partial charge in [-0.05, 0) is 60.7 Å². The number of benzene rings is 3. The van der Waals surface area contributed by atoms with Crippen molar-refractivity contribution < 1.29 is 9.21 Å². The third-order valence-electron chi connectivity index (χ3n) is 3.98. The summed E-state index contributed by atoms with van der Waals surface area (Å²) in [7, 11) is 0. The van der Waals surface area contributed by atoms with Crippen molar-refractivity contribution in [3.05, 3.63) is 83.4 Å². The van der Waals surface area contributed by atoms with Crippen LogP contribution in [0.2, 0.25) is 5.02 Å². The third kappa shape index (κ3) is 4.03. The molecule has 4 aromatic rings. The Morgan fingerprint density at radius 3 is 2.64 bits per heavy atom. The van der Waals surface area contributed by atoms with E-state index in [1.54, 1.807) is 42.5 Å². The van der Waals surface area contributed by atoms with E-state index in [1.807, 2.05) is 30.3 Å². The molecule has 0 saturated carbocycles. The summed E-state index contributed by atoms with van der Waals surface area (Å²) >= 11 is 11.2. The first-order valence-corrected chi connectivity index (χ1v) is 9.21. The van der Waals surface area contributed by atoms with E-state index < -0.39 is 0 Å². The lowest BCUT2D eigenvalue weighted by Crippen LogP contribution is -2.34. The van der Waals surface area contributed by atoms with Crippen LogP contribution in [0, 0.1) is 0 Å². The van der Waals surface area contributed by atoms with Gasteiger partial charge in [-0.1, -0.05) is 35.9 Å². The van der Waals surface area contributed by atoms with Gasteiger partial charge in [-0.3, -0.25) is 10.1 Å². The molecule has 138 valence electrons. The van der Waals surface area contributed by atoms with Crippen molar-refractivity contribution in [1.82, 2.24) is 10.3 Å². The zero-order chi connectivity index (χ0) is 19.5. The van der Waals surface area contributed by atoms with Crippen LogP contribution in [-0.4, -0.2) is 16.0 Å². The van der Waals surface area contributed by atoms with Gasteiger partial charge in [0, 0.05) is 21.8 Å². The van der Waals surface area contributed by atoms with Crippen molar-refractivity contribution in [2.75, 3.05) is 5.32 Å². The fraction of sp³-hybridized carbons (Fsp3) is 0. The molecule has 28 heavy (non-hydrogen) atoms. The highest BCUT2D eigenvalue weighted by atomic mass is 35.5. The van der Waals surface area contributed by atoms with Crippen molar-refractivity contribution in [3.63, 3.8) is 0 Å². The standard InChI is InChI=1S/C21H14ClN3O2S/c22-15-9-10-18-17(12-15)24-20(27-18)14-7-4-8-16(11-14)23-21(28)25-19(26)13-5-2-1-3-6-13/h1-12H,(H2,23,25,26,28). The second-order valence-electron chi connectivity index (χ2n) is 5.99. The quantitative estimate of drug-likeness (QED) is 0.452. The SMILES string of the molecule is O=C(NC(=S)Nc1cccc(-c2nc3cc(Cl)ccc3o2)c1)c1ccccc1. The van der Waals surface area contributed by atoms with Gasteiger partial charge in [-0.15, -0.1) is 0 Å². The van der Waals surface area contributed by atoms with Crippen molar-refractivity contribution in [2.24, 2.45) is 0 Å². The second kappa shape index (κ2) is 7.80. The number of carbonyl (C=O) groups excluding carboxylic acids is 1. The van der Waals surface area contributed by atoms with Crippen molar-refractivity contribution in [3.8, 4) is 11.5 Å². The highest BCUT2D eigenvalue weighted by Crippen LogP contribution is 2.27. The average molecular weight is 408 g/mol. The van der Waals surface area contributed by atoms with E-state index in [9.17, 15) is 4.79 Å². The molecule has 0 aliphatic rings. The van der Waals surface area contributed by atoms with Gasteiger partial charge in [0.2, 0.25) is 5.89 Å². The summed E-state index contributed by atoms with van der Waals surface area (Å²) in [6, 6.07) is 21.6. The minimum atomic E-state index is -0.273. The highest BCUT2D eigenvalue weighted by Gasteiger charge is 2.11. The van der Waals surface area contributed by atoms with Crippen molar-refractivity contribution in [2.45, 2.75) is 0 Å². The summed E-state index contributed by atoms with van der Waals surface area (Å²) in [5, 5.41) is 6.47. The number of hydrogen-bond acceptors (Lipinski definition) is 4. The molecule has 1 amide bonds. The summed E-state index contributed by atoms with van der Waals surface area (Å²) in [4.78, 5) is 16.7. The molecule has 2 N–H and O–H groups in total. The molecule has 0 radical (unpaired) electrons. The Morgan fingerprint density at radius 2 is 1.82 bits per heavy atom. The van der Waals surface area contributed by atoms with Crippen LogP contribution in [0.25, 0.3) is 22.6 Å². The van der Waals surface area contributed by atoms with Gasteiger partial charge in [-0.25, -0.2) is 4.98 Å². The Hall–Kier alpha value is -3.22. The normalized spacial score (nSPS) is 10.6. The number of amides is 1. The molecule has 1 aromatic heterocycles. The third-order valence-corrected chi connectivity index (χ3v) is 4.42. The number of aromatic nitrogens is 1. The number of anilines is 1. The van der Waals surface area contributed by atoms with Gasteiger partial charge in [0.05, 0.1) is 0 Å². The van der Waals surface area contributed by atoms with E-state index in [0.717, 1.165) is 5.56 Å². The maximum absolute atomic E-state index is 12.2. The van der Waals surface area contributed by atoms with Crippen LogP contribution in [0.4, 0.5) is 5.69 Å². The van der Waals surface area contributed by atoms with Crippen LogP contribution in [0.3, 0.4) is 0 Å². The molecule has 0 saturated heterocycles. The molecule has 1 heterocycles. The number of carbonyl (C=O) groups is 1. The lowest BCUT2D eigenvalue weighted by Gasteiger charge is -2.10. The topological polar surface area (TPSA) is 67.2 Å². The number of thiocarbonyl (C=S) groups is 1. The minimum Gasteiger partial charge on any atom is -0.436 e. The Labute approximate surface area is 171 Å². The van der Waals surface area contributed by atoms with Crippen LogP contribution >= 0.6 is 23.8 Å². The Kier molecular flexibility index (Phi) is 5.06. The van der Waals surface area contributed by atoms with Gasteiger partial charge in [0.1, 0.15) is 5.52 Å². The molecule has 0 atom stereocenters. The number of fused-ring (bicyclic) bond motifs is 1. The first-order valence-electron chi connectivity index (χ1n) is 8.42. The predicted octanol–water partition coefficient (Wildman–Crippen LogP) is 5.28. The van der Waals surface area contributed by atoms with Gasteiger partial charge in [0.15, 0.2) is 10.7 Å². The second-order valence-corrected chi connectivity index (χ2v) is 6.83. The summed E-state index contributed by atoms with van der Waals surface area (Å²) in [6.07, 6.45) is 0. The van der Waals surface area contributed by atoms with Gasteiger partial charge >= 0.3 is 0 Å². The number of oxazole rings is 1. The highest BCUT2D eigenvalue weighted by molar-refractivity contribution is 7.80. The van der Waals surface area contributed by atoms with Crippen LogP contribution in [0.15, 0.2) is 77.2 Å².